The van der Waals surface area contributed by atoms with Gasteiger partial charge in [0.1, 0.15) is 5.69 Å². The van der Waals surface area contributed by atoms with E-state index >= 15 is 0 Å². The van der Waals surface area contributed by atoms with E-state index < -0.39 is 0 Å². The Morgan fingerprint density at radius 3 is 2.80 bits per heavy atom. The maximum absolute atomic E-state index is 12.2. The smallest absolute Gasteiger partial charge is 0.222 e. The first-order valence-corrected chi connectivity index (χ1v) is 6.05. The normalized spacial score (nSPS) is 10.6. The van der Waals surface area contributed by atoms with E-state index in [9.17, 15) is 4.79 Å². The van der Waals surface area contributed by atoms with Gasteiger partial charge in [-0.05, 0) is 39.9 Å². The van der Waals surface area contributed by atoms with Crippen molar-refractivity contribution in [3.05, 3.63) is 38.3 Å². The van der Waals surface area contributed by atoms with Crippen LogP contribution in [0.4, 0.5) is 0 Å². The van der Waals surface area contributed by atoms with Gasteiger partial charge in [0.25, 0.3) is 0 Å². The average molecular weight is 285 g/mol. The third-order valence-corrected chi connectivity index (χ3v) is 3.77. The highest BCUT2D eigenvalue weighted by molar-refractivity contribution is 9.10. The van der Waals surface area contributed by atoms with Crippen LogP contribution in [0.2, 0.25) is 0 Å². The summed E-state index contributed by atoms with van der Waals surface area (Å²) in [6, 6.07) is 1.95. The molecule has 0 radical (unpaired) electrons. The van der Waals surface area contributed by atoms with E-state index in [1.54, 1.807) is 17.9 Å². The maximum Gasteiger partial charge on any atom is 0.222 e. The molecular formula is C10H9BrN2OS. The summed E-state index contributed by atoms with van der Waals surface area (Å²) in [5.41, 5.74) is 1.61. The Kier molecular flexibility index (Phi) is 2.75. The zero-order valence-corrected chi connectivity index (χ0v) is 10.7. The fourth-order valence-corrected chi connectivity index (χ4v) is 2.77. The summed E-state index contributed by atoms with van der Waals surface area (Å²) >= 11 is 4.79. The largest absolute Gasteiger partial charge is 0.286 e. The molecule has 0 aliphatic rings. The van der Waals surface area contributed by atoms with E-state index in [0.717, 1.165) is 14.9 Å². The summed E-state index contributed by atoms with van der Waals surface area (Å²) in [5.74, 6) is 0.0226. The third-order valence-electron chi connectivity index (χ3n) is 2.18. The topological polar surface area (TPSA) is 34.9 Å². The van der Waals surface area contributed by atoms with Crippen LogP contribution in [0.3, 0.4) is 0 Å². The molecule has 0 N–H and O–H groups in total. The molecule has 2 heterocycles. The second kappa shape index (κ2) is 3.90. The van der Waals surface area contributed by atoms with Gasteiger partial charge >= 0.3 is 0 Å². The van der Waals surface area contributed by atoms with Crippen molar-refractivity contribution in [3.63, 3.8) is 0 Å². The first-order chi connectivity index (χ1) is 7.11. The highest BCUT2D eigenvalue weighted by Gasteiger charge is 2.19. The van der Waals surface area contributed by atoms with Gasteiger partial charge in [0.15, 0.2) is 0 Å². The number of ketones is 1. The van der Waals surface area contributed by atoms with Crippen LogP contribution in [0.1, 0.15) is 20.9 Å². The van der Waals surface area contributed by atoms with Crippen LogP contribution in [0.5, 0.6) is 0 Å². The molecule has 0 bridgehead atoms. The molecule has 0 aliphatic heterocycles. The monoisotopic (exact) mass is 284 g/mol. The summed E-state index contributed by atoms with van der Waals surface area (Å²) in [6.07, 6.45) is 1.64. The Morgan fingerprint density at radius 1 is 1.60 bits per heavy atom. The number of carbonyl (C=O) groups excluding carboxylic acids is 1. The van der Waals surface area contributed by atoms with Crippen LogP contribution in [-0.4, -0.2) is 15.6 Å². The summed E-state index contributed by atoms with van der Waals surface area (Å²) in [4.78, 5) is 12.9. The van der Waals surface area contributed by atoms with Crippen molar-refractivity contribution in [2.45, 2.75) is 6.92 Å². The Bertz CT molecular complexity index is 496. The van der Waals surface area contributed by atoms with Crippen LogP contribution < -0.4 is 0 Å². The van der Waals surface area contributed by atoms with Gasteiger partial charge < -0.3 is 0 Å². The van der Waals surface area contributed by atoms with Crippen molar-refractivity contribution < 1.29 is 4.79 Å². The summed E-state index contributed by atoms with van der Waals surface area (Å²) in [6.45, 7) is 1.94. The lowest BCUT2D eigenvalue weighted by atomic mass is 10.2. The Morgan fingerprint density at radius 2 is 2.33 bits per heavy atom. The predicted molar refractivity (Wildman–Crippen MR) is 63.4 cm³/mol. The van der Waals surface area contributed by atoms with E-state index in [-0.39, 0.29) is 5.78 Å². The minimum absolute atomic E-state index is 0.0226. The van der Waals surface area contributed by atoms with Crippen LogP contribution in [0, 0.1) is 6.92 Å². The van der Waals surface area contributed by atoms with Gasteiger partial charge in [0.2, 0.25) is 5.78 Å². The van der Waals surface area contributed by atoms with Gasteiger partial charge in [0.05, 0.1) is 15.5 Å². The van der Waals surface area contributed by atoms with Gasteiger partial charge in [-0.2, -0.15) is 5.10 Å². The number of aryl methyl sites for hydroxylation is 2. The first-order valence-electron chi connectivity index (χ1n) is 4.37. The number of hydrogen-bond acceptors (Lipinski definition) is 3. The van der Waals surface area contributed by atoms with Crippen molar-refractivity contribution in [2.75, 3.05) is 0 Å². The summed E-state index contributed by atoms with van der Waals surface area (Å²) in [7, 11) is 1.76. The maximum atomic E-state index is 12.2. The SMILES string of the molecule is Cc1ccsc1C(=O)c1c(Br)cnn1C. The zero-order chi connectivity index (χ0) is 11.0. The molecule has 0 amide bonds. The minimum atomic E-state index is 0.0226. The van der Waals surface area contributed by atoms with Crippen LogP contribution in [-0.2, 0) is 7.05 Å². The highest BCUT2D eigenvalue weighted by Crippen LogP contribution is 2.24. The molecule has 0 atom stereocenters. The molecule has 5 heteroatoms. The molecule has 15 heavy (non-hydrogen) atoms. The fourth-order valence-electron chi connectivity index (χ4n) is 1.38. The zero-order valence-electron chi connectivity index (χ0n) is 8.32. The second-order valence-corrected chi connectivity index (χ2v) is 5.00. The molecular weight excluding hydrogens is 276 g/mol. The van der Waals surface area contributed by atoms with E-state index in [1.807, 2.05) is 18.4 Å². The van der Waals surface area contributed by atoms with Gasteiger partial charge in [-0.25, -0.2) is 0 Å². The third kappa shape index (κ3) is 1.77. The molecule has 0 fully saturated rings. The molecule has 3 nitrogen and oxygen atoms in total. The van der Waals surface area contributed by atoms with Crippen LogP contribution in [0.25, 0.3) is 0 Å². The standard InChI is InChI=1S/C10H9BrN2OS/c1-6-3-4-15-10(6)9(14)8-7(11)5-12-13(8)2/h3-5H,1-2H3. The lowest BCUT2D eigenvalue weighted by Crippen LogP contribution is -2.08. The number of thiophene rings is 1. The Hall–Kier alpha value is -0.940. The minimum Gasteiger partial charge on any atom is -0.286 e. The number of aromatic nitrogens is 2. The number of halogens is 1. The molecule has 0 unspecified atom stereocenters. The second-order valence-electron chi connectivity index (χ2n) is 3.23. The molecule has 78 valence electrons. The van der Waals surface area contributed by atoms with Crippen LogP contribution >= 0.6 is 27.3 Å². The van der Waals surface area contributed by atoms with Crippen LogP contribution in [0.15, 0.2) is 22.1 Å². The van der Waals surface area contributed by atoms with Crippen molar-refractivity contribution in [3.8, 4) is 0 Å². The van der Waals surface area contributed by atoms with Gasteiger partial charge in [-0.1, -0.05) is 0 Å². The molecule has 2 aromatic rings. The lowest BCUT2D eigenvalue weighted by molar-refractivity contribution is 0.103. The number of carbonyl (C=O) groups is 1. The first kappa shape index (κ1) is 10.6. The fraction of sp³-hybridized carbons (Fsp3) is 0.200. The van der Waals surface area contributed by atoms with Gasteiger partial charge in [0, 0.05) is 7.05 Å². The number of hydrogen-bond donors (Lipinski definition) is 0. The Balaban J connectivity index is 2.50. The predicted octanol–water partition coefficient (Wildman–Crippen LogP) is 2.78. The molecule has 0 saturated carbocycles. The molecule has 2 rings (SSSR count). The number of nitrogens with zero attached hydrogens (tertiary/aromatic N) is 2. The molecule has 0 spiro atoms. The Labute approximate surface area is 99.9 Å². The summed E-state index contributed by atoms with van der Waals surface area (Å²) in [5, 5.41) is 5.95. The molecule has 2 aromatic heterocycles. The molecule has 0 saturated heterocycles. The van der Waals surface area contributed by atoms with Crippen molar-refractivity contribution in [1.82, 2.24) is 9.78 Å². The van der Waals surface area contributed by atoms with Gasteiger partial charge in [-0.3, -0.25) is 9.48 Å². The van der Waals surface area contributed by atoms with Crippen molar-refractivity contribution in [1.29, 1.82) is 0 Å². The molecule has 0 aromatic carbocycles. The highest BCUT2D eigenvalue weighted by atomic mass is 79.9. The summed E-state index contributed by atoms with van der Waals surface area (Å²) < 4.78 is 2.33. The van der Waals surface area contributed by atoms with E-state index in [4.69, 9.17) is 0 Å². The van der Waals surface area contributed by atoms with Crippen molar-refractivity contribution in [2.24, 2.45) is 7.05 Å². The van der Waals surface area contributed by atoms with E-state index in [0.29, 0.717) is 5.69 Å². The molecule has 0 aliphatic carbocycles. The number of rotatable bonds is 2. The van der Waals surface area contributed by atoms with Crippen molar-refractivity contribution >= 4 is 33.0 Å². The van der Waals surface area contributed by atoms with Gasteiger partial charge in [-0.15, -0.1) is 11.3 Å². The lowest BCUT2D eigenvalue weighted by Gasteiger charge is -2.01. The van der Waals surface area contributed by atoms with E-state index in [2.05, 4.69) is 21.0 Å². The van der Waals surface area contributed by atoms with E-state index in [1.165, 1.54) is 11.3 Å². The quantitative estimate of drug-likeness (QED) is 0.795. The average Bonchev–Trinajstić information content (AvgIpc) is 2.73.